The Kier molecular flexibility index (Phi) is 5.82. The van der Waals surface area contributed by atoms with Gasteiger partial charge in [-0.1, -0.05) is 20.8 Å². The lowest BCUT2D eigenvalue weighted by atomic mass is 9.92. The Bertz CT molecular complexity index is 484. The maximum Gasteiger partial charge on any atom is 0.272 e. The number of piperidine rings is 1. The second kappa shape index (κ2) is 6.79. The minimum Gasteiger partial charge on any atom is -0.337 e. The highest BCUT2D eigenvalue weighted by Crippen LogP contribution is 2.23. The number of rotatable bonds is 2. The molecule has 0 saturated carbocycles. The minimum atomic E-state index is -0.0389. The molecule has 1 saturated heterocycles. The molecule has 6 heteroatoms. The van der Waals surface area contributed by atoms with E-state index in [2.05, 4.69) is 25.9 Å². The molecule has 2 heterocycles. The topological polar surface area (TPSA) is 64.2 Å². The van der Waals surface area contributed by atoms with Crippen LogP contribution in [0.25, 0.3) is 0 Å². The lowest BCUT2D eigenvalue weighted by Crippen LogP contribution is -2.40. The number of likely N-dealkylation sites (tertiary alicyclic amines) is 1. The van der Waals surface area contributed by atoms with E-state index < -0.39 is 0 Å². The monoisotopic (exact) mass is 314 g/mol. The zero-order valence-corrected chi connectivity index (χ0v) is 14.2. The molecule has 1 aromatic rings. The van der Waals surface area contributed by atoms with Crippen molar-refractivity contribution in [2.24, 2.45) is 18.7 Å². The van der Waals surface area contributed by atoms with Crippen molar-refractivity contribution in [1.82, 2.24) is 14.7 Å². The van der Waals surface area contributed by atoms with E-state index in [1.165, 1.54) is 0 Å². The SMILES string of the molecule is Cl.Cn1nc(C(C)(C)C)cc1C(=O)N1CCC(CN)CC1. The molecule has 21 heavy (non-hydrogen) atoms. The molecule has 2 rings (SSSR count). The van der Waals surface area contributed by atoms with Crippen LogP contribution in [0.3, 0.4) is 0 Å². The van der Waals surface area contributed by atoms with E-state index in [1.807, 2.05) is 18.0 Å². The van der Waals surface area contributed by atoms with Crippen LogP contribution in [0, 0.1) is 5.92 Å². The smallest absolute Gasteiger partial charge is 0.272 e. The highest BCUT2D eigenvalue weighted by Gasteiger charge is 2.27. The van der Waals surface area contributed by atoms with Gasteiger partial charge in [-0.2, -0.15) is 5.10 Å². The zero-order valence-electron chi connectivity index (χ0n) is 13.4. The Balaban J connectivity index is 0.00000220. The standard InChI is InChI=1S/C15H26N4O.ClH/c1-15(2,3)13-9-12(18(4)17-13)14(20)19-7-5-11(10-16)6-8-19;/h9,11H,5-8,10,16H2,1-4H3;1H. The van der Waals surface area contributed by atoms with Crippen LogP contribution in [0.5, 0.6) is 0 Å². The van der Waals surface area contributed by atoms with Gasteiger partial charge in [0.25, 0.3) is 5.91 Å². The first-order valence-corrected chi connectivity index (χ1v) is 7.36. The van der Waals surface area contributed by atoms with E-state index in [1.54, 1.807) is 4.68 Å². The fourth-order valence-electron chi connectivity index (χ4n) is 2.57. The average molecular weight is 315 g/mol. The van der Waals surface area contributed by atoms with Crippen LogP contribution in [-0.4, -0.2) is 40.2 Å². The van der Waals surface area contributed by atoms with Gasteiger partial charge in [-0.05, 0) is 31.4 Å². The third-order valence-corrected chi connectivity index (χ3v) is 4.10. The van der Waals surface area contributed by atoms with Crippen LogP contribution < -0.4 is 5.73 Å². The van der Waals surface area contributed by atoms with Crippen molar-refractivity contribution >= 4 is 18.3 Å². The third-order valence-electron chi connectivity index (χ3n) is 4.10. The van der Waals surface area contributed by atoms with Crippen LogP contribution in [0.1, 0.15) is 49.8 Å². The number of aryl methyl sites for hydroxylation is 1. The van der Waals surface area contributed by atoms with Crippen molar-refractivity contribution in [3.05, 3.63) is 17.5 Å². The number of carbonyl (C=O) groups excluding carboxylic acids is 1. The first-order valence-electron chi connectivity index (χ1n) is 7.36. The van der Waals surface area contributed by atoms with Gasteiger partial charge in [-0.15, -0.1) is 12.4 Å². The fourth-order valence-corrected chi connectivity index (χ4v) is 2.57. The van der Waals surface area contributed by atoms with Crippen LogP contribution >= 0.6 is 12.4 Å². The van der Waals surface area contributed by atoms with Crippen molar-refractivity contribution < 1.29 is 4.79 Å². The summed E-state index contributed by atoms with van der Waals surface area (Å²) in [7, 11) is 1.84. The largest absolute Gasteiger partial charge is 0.337 e. The number of halogens is 1. The van der Waals surface area contributed by atoms with E-state index in [9.17, 15) is 4.79 Å². The van der Waals surface area contributed by atoms with E-state index in [-0.39, 0.29) is 23.7 Å². The van der Waals surface area contributed by atoms with Crippen molar-refractivity contribution in [2.45, 2.75) is 39.0 Å². The fraction of sp³-hybridized carbons (Fsp3) is 0.733. The molecule has 0 aliphatic carbocycles. The second-order valence-electron chi connectivity index (χ2n) is 6.76. The Labute approximate surface area is 133 Å². The lowest BCUT2D eigenvalue weighted by Gasteiger charge is -2.31. The molecule has 0 radical (unpaired) electrons. The maximum absolute atomic E-state index is 12.6. The number of aromatic nitrogens is 2. The molecule has 2 N–H and O–H groups in total. The Morgan fingerprint density at radius 3 is 2.38 bits per heavy atom. The summed E-state index contributed by atoms with van der Waals surface area (Å²) in [5.74, 6) is 0.654. The van der Waals surface area contributed by atoms with E-state index in [0.717, 1.165) is 38.2 Å². The third kappa shape index (κ3) is 3.98. The number of amides is 1. The second-order valence-corrected chi connectivity index (χ2v) is 6.76. The molecule has 0 atom stereocenters. The zero-order chi connectivity index (χ0) is 14.9. The van der Waals surface area contributed by atoms with Crippen molar-refractivity contribution in [3.8, 4) is 0 Å². The molecule has 1 aliphatic rings. The lowest BCUT2D eigenvalue weighted by molar-refractivity contribution is 0.0682. The number of carbonyl (C=O) groups is 1. The summed E-state index contributed by atoms with van der Waals surface area (Å²) in [6, 6.07) is 1.93. The maximum atomic E-state index is 12.6. The van der Waals surface area contributed by atoms with Gasteiger partial charge in [0, 0.05) is 25.6 Å². The molecular weight excluding hydrogens is 288 g/mol. The van der Waals surface area contributed by atoms with Gasteiger partial charge in [0.05, 0.1) is 5.69 Å². The highest BCUT2D eigenvalue weighted by molar-refractivity contribution is 5.92. The molecule has 1 fully saturated rings. The molecule has 0 aromatic carbocycles. The highest BCUT2D eigenvalue weighted by atomic mass is 35.5. The predicted octanol–water partition coefficient (Wildman–Crippen LogP) is 1.95. The molecule has 1 amide bonds. The van der Waals surface area contributed by atoms with Crippen LogP contribution in [0.4, 0.5) is 0 Å². The van der Waals surface area contributed by atoms with Crippen LogP contribution in [0.2, 0.25) is 0 Å². The summed E-state index contributed by atoms with van der Waals surface area (Å²) in [4.78, 5) is 14.5. The molecule has 1 aliphatic heterocycles. The summed E-state index contributed by atoms with van der Waals surface area (Å²) in [6.07, 6.45) is 2.01. The summed E-state index contributed by atoms with van der Waals surface area (Å²) >= 11 is 0. The summed E-state index contributed by atoms with van der Waals surface area (Å²) in [5, 5.41) is 4.48. The van der Waals surface area contributed by atoms with Gasteiger partial charge in [-0.25, -0.2) is 0 Å². The summed E-state index contributed by atoms with van der Waals surface area (Å²) in [5.41, 5.74) is 7.29. The molecule has 0 unspecified atom stereocenters. The number of hydrogen-bond acceptors (Lipinski definition) is 3. The first kappa shape index (κ1) is 18.0. The van der Waals surface area contributed by atoms with Gasteiger partial charge >= 0.3 is 0 Å². The molecule has 0 spiro atoms. The quantitative estimate of drug-likeness (QED) is 0.907. The number of nitrogens with two attached hydrogens (primary N) is 1. The van der Waals surface area contributed by atoms with Gasteiger partial charge in [0.2, 0.25) is 0 Å². The minimum absolute atomic E-state index is 0. The molecule has 5 nitrogen and oxygen atoms in total. The number of nitrogens with zero attached hydrogens (tertiary/aromatic N) is 3. The Morgan fingerprint density at radius 2 is 1.95 bits per heavy atom. The van der Waals surface area contributed by atoms with Gasteiger partial charge in [-0.3, -0.25) is 9.48 Å². The summed E-state index contributed by atoms with van der Waals surface area (Å²) in [6.45, 7) is 8.65. The molecule has 120 valence electrons. The average Bonchev–Trinajstić information content (AvgIpc) is 2.80. The van der Waals surface area contributed by atoms with E-state index >= 15 is 0 Å². The first-order chi connectivity index (χ1) is 9.32. The van der Waals surface area contributed by atoms with Crippen LogP contribution in [-0.2, 0) is 12.5 Å². The Hall–Kier alpha value is -1.07. The normalized spacial score (nSPS) is 16.7. The summed E-state index contributed by atoms with van der Waals surface area (Å²) < 4.78 is 1.71. The number of hydrogen-bond donors (Lipinski definition) is 1. The van der Waals surface area contributed by atoms with Gasteiger partial charge < -0.3 is 10.6 Å². The van der Waals surface area contributed by atoms with Gasteiger partial charge in [0.15, 0.2) is 0 Å². The van der Waals surface area contributed by atoms with Crippen LogP contribution in [0.15, 0.2) is 6.07 Å². The molecular formula is C15H27ClN4O. The van der Waals surface area contributed by atoms with Crippen molar-refractivity contribution in [3.63, 3.8) is 0 Å². The predicted molar refractivity (Wildman–Crippen MR) is 86.8 cm³/mol. The van der Waals surface area contributed by atoms with Crippen molar-refractivity contribution in [1.29, 1.82) is 0 Å². The molecule has 1 aromatic heterocycles. The van der Waals surface area contributed by atoms with E-state index in [0.29, 0.717) is 11.6 Å². The van der Waals surface area contributed by atoms with Crippen molar-refractivity contribution in [2.75, 3.05) is 19.6 Å². The Morgan fingerprint density at radius 1 is 1.38 bits per heavy atom. The van der Waals surface area contributed by atoms with Gasteiger partial charge in [0.1, 0.15) is 5.69 Å². The molecule has 0 bridgehead atoms. The van der Waals surface area contributed by atoms with E-state index in [4.69, 9.17) is 5.73 Å².